The molecule has 2 heteroatoms. The van der Waals surface area contributed by atoms with E-state index in [1.54, 1.807) is 6.92 Å². The zero-order valence-corrected chi connectivity index (χ0v) is 6.92. The van der Waals surface area contributed by atoms with Crippen LogP contribution in [0.5, 0.6) is 0 Å². The van der Waals surface area contributed by atoms with Crippen LogP contribution in [0.15, 0.2) is 0 Å². The monoisotopic (exact) mass is 144 g/mol. The smallest absolute Gasteiger partial charge is 0.162 e. The molecule has 60 valence electrons. The molecule has 0 aromatic rings. The summed E-state index contributed by atoms with van der Waals surface area (Å²) in [7, 11) is 0. The summed E-state index contributed by atoms with van der Waals surface area (Å²) in [5.41, 5.74) is 0. The Morgan fingerprint density at radius 1 is 1.50 bits per heavy atom. The van der Waals surface area contributed by atoms with Gasteiger partial charge < -0.3 is 9.84 Å². The van der Waals surface area contributed by atoms with Gasteiger partial charge in [0.25, 0.3) is 0 Å². The first kappa shape index (κ1) is 8.02. The summed E-state index contributed by atoms with van der Waals surface area (Å²) in [6.45, 7) is 5.90. The molecule has 0 bridgehead atoms. The maximum atomic E-state index is 9.44. The molecule has 1 N–H and O–H groups in total. The zero-order valence-electron chi connectivity index (χ0n) is 6.92. The predicted molar refractivity (Wildman–Crippen MR) is 39.6 cm³/mol. The lowest BCUT2D eigenvalue weighted by Gasteiger charge is -2.36. The van der Waals surface area contributed by atoms with Gasteiger partial charge >= 0.3 is 0 Å². The van der Waals surface area contributed by atoms with E-state index in [4.69, 9.17) is 4.74 Å². The van der Waals surface area contributed by atoms with Crippen molar-refractivity contribution in [2.24, 2.45) is 5.92 Å². The minimum atomic E-state index is -0.869. The molecule has 10 heavy (non-hydrogen) atoms. The van der Waals surface area contributed by atoms with E-state index < -0.39 is 5.79 Å². The van der Waals surface area contributed by atoms with Gasteiger partial charge in [-0.2, -0.15) is 0 Å². The zero-order chi connectivity index (χ0) is 7.78. The van der Waals surface area contributed by atoms with E-state index in [0.717, 1.165) is 12.8 Å². The summed E-state index contributed by atoms with van der Waals surface area (Å²) >= 11 is 0. The first-order chi connectivity index (χ1) is 4.51. The number of hydrogen-bond acceptors (Lipinski definition) is 2. The van der Waals surface area contributed by atoms with Crippen molar-refractivity contribution >= 4 is 0 Å². The minimum Gasteiger partial charge on any atom is -0.366 e. The Morgan fingerprint density at radius 2 is 2.10 bits per heavy atom. The van der Waals surface area contributed by atoms with Crippen LogP contribution in [0.3, 0.4) is 0 Å². The fraction of sp³-hybridized carbons (Fsp3) is 1.00. The Morgan fingerprint density at radius 3 is 2.50 bits per heavy atom. The van der Waals surface area contributed by atoms with Gasteiger partial charge in [-0.3, -0.25) is 0 Å². The van der Waals surface area contributed by atoms with Crippen molar-refractivity contribution in [3.63, 3.8) is 0 Å². The summed E-state index contributed by atoms with van der Waals surface area (Å²) in [6, 6.07) is 0. The third kappa shape index (κ3) is 1.70. The van der Waals surface area contributed by atoms with E-state index in [-0.39, 0.29) is 6.10 Å². The highest BCUT2D eigenvalue weighted by atomic mass is 16.6. The van der Waals surface area contributed by atoms with Crippen LogP contribution in [0.4, 0.5) is 0 Å². The Balaban J connectivity index is 2.49. The molecule has 1 aliphatic rings. The third-order valence-electron chi connectivity index (χ3n) is 2.30. The van der Waals surface area contributed by atoms with Crippen molar-refractivity contribution < 1.29 is 9.84 Å². The summed E-state index contributed by atoms with van der Waals surface area (Å²) in [4.78, 5) is 0. The molecule has 1 rings (SSSR count). The standard InChI is InChI=1S/C8H16O2/c1-6-4-5-8(3,9)10-7(6)2/h6-7,9H,4-5H2,1-3H3/t6-,7+,8-/m0/s1. The Labute approximate surface area is 62.2 Å². The van der Waals surface area contributed by atoms with Crippen LogP contribution in [0.1, 0.15) is 33.6 Å². The molecule has 1 fully saturated rings. The number of hydrogen-bond donors (Lipinski definition) is 1. The van der Waals surface area contributed by atoms with Crippen molar-refractivity contribution in [3.8, 4) is 0 Å². The normalized spacial score (nSPS) is 49.2. The lowest BCUT2D eigenvalue weighted by molar-refractivity contribution is -0.250. The SMILES string of the molecule is C[C@H]1CC[C@@](C)(O)O[C@@H]1C. The Kier molecular flexibility index (Phi) is 2.02. The molecule has 3 atom stereocenters. The van der Waals surface area contributed by atoms with Gasteiger partial charge in [0.15, 0.2) is 5.79 Å². The van der Waals surface area contributed by atoms with Crippen LogP contribution < -0.4 is 0 Å². The van der Waals surface area contributed by atoms with E-state index in [1.807, 2.05) is 6.92 Å². The maximum Gasteiger partial charge on any atom is 0.162 e. The van der Waals surface area contributed by atoms with Crippen molar-refractivity contribution in [3.05, 3.63) is 0 Å². The van der Waals surface area contributed by atoms with Crippen molar-refractivity contribution in [2.45, 2.75) is 45.5 Å². The van der Waals surface area contributed by atoms with Gasteiger partial charge in [0.05, 0.1) is 6.10 Å². The molecule has 1 aliphatic heterocycles. The largest absolute Gasteiger partial charge is 0.366 e. The molecule has 0 saturated carbocycles. The highest BCUT2D eigenvalue weighted by Gasteiger charge is 2.32. The van der Waals surface area contributed by atoms with E-state index in [1.165, 1.54) is 0 Å². The summed E-state index contributed by atoms with van der Waals surface area (Å²) < 4.78 is 5.34. The molecular weight excluding hydrogens is 128 g/mol. The van der Waals surface area contributed by atoms with Crippen LogP contribution in [0, 0.1) is 5.92 Å². The first-order valence-electron chi connectivity index (χ1n) is 3.91. The topological polar surface area (TPSA) is 29.5 Å². The second-order valence-corrected chi connectivity index (χ2v) is 3.51. The molecule has 0 spiro atoms. The second kappa shape index (κ2) is 2.51. The van der Waals surface area contributed by atoms with E-state index in [0.29, 0.717) is 5.92 Å². The maximum absolute atomic E-state index is 9.44. The number of aliphatic hydroxyl groups is 1. The molecule has 0 amide bonds. The van der Waals surface area contributed by atoms with E-state index in [9.17, 15) is 5.11 Å². The fourth-order valence-corrected chi connectivity index (χ4v) is 1.31. The van der Waals surface area contributed by atoms with Crippen LogP contribution in [-0.4, -0.2) is 17.0 Å². The molecule has 0 radical (unpaired) electrons. The average molecular weight is 144 g/mol. The molecular formula is C8H16O2. The Hall–Kier alpha value is -0.0800. The van der Waals surface area contributed by atoms with Crippen molar-refractivity contribution in [1.29, 1.82) is 0 Å². The highest BCUT2D eigenvalue weighted by molar-refractivity contribution is 4.74. The molecule has 1 heterocycles. The average Bonchev–Trinajstić information content (AvgIpc) is 1.79. The van der Waals surface area contributed by atoms with Crippen LogP contribution in [0.25, 0.3) is 0 Å². The molecule has 0 aromatic heterocycles. The highest BCUT2D eigenvalue weighted by Crippen LogP contribution is 2.29. The van der Waals surface area contributed by atoms with Gasteiger partial charge in [-0.05, 0) is 26.2 Å². The lowest BCUT2D eigenvalue weighted by Crippen LogP contribution is -2.40. The molecule has 0 aliphatic carbocycles. The van der Waals surface area contributed by atoms with Gasteiger partial charge in [-0.15, -0.1) is 0 Å². The third-order valence-corrected chi connectivity index (χ3v) is 2.30. The summed E-state index contributed by atoms with van der Waals surface area (Å²) in [5.74, 6) is -0.286. The van der Waals surface area contributed by atoms with Gasteiger partial charge in [-0.25, -0.2) is 0 Å². The van der Waals surface area contributed by atoms with Gasteiger partial charge in [-0.1, -0.05) is 6.92 Å². The fourth-order valence-electron chi connectivity index (χ4n) is 1.31. The summed E-state index contributed by atoms with van der Waals surface area (Å²) in [6.07, 6.45) is 2.02. The van der Waals surface area contributed by atoms with Gasteiger partial charge in [0.1, 0.15) is 0 Å². The van der Waals surface area contributed by atoms with Crippen LogP contribution in [-0.2, 0) is 4.74 Å². The molecule has 1 saturated heterocycles. The van der Waals surface area contributed by atoms with Crippen LogP contribution >= 0.6 is 0 Å². The lowest BCUT2D eigenvalue weighted by atomic mass is 9.93. The van der Waals surface area contributed by atoms with Gasteiger partial charge in [0, 0.05) is 6.42 Å². The molecule has 0 aromatic carbocycles. The summed E-state index contributed by atoms with van der Waals surface area (Å²) in [5, 5.41) is 9.44. The Bertz CT molecular complexity index is 120. The quantitative estimate of drug-likeness (QED) is 0.558. The van der Waals surface area contributed by atoms with E-state index >= 15 is 0 Å². The second-order valence-electron chi connectivity index (χ2n) is 3.51. The minimum absolute atomic E-state index is 0.198. The van der Waals surface area contributed by atoms with Crippen molar-refractivity contribution in [2.75, 3.05) is 0 Å². The predicted octanol–water partition coefficient (Wildman–Crippen LogP) is 1.53. The first-order valence-corrected chi connectivity index (χ1v) is 3.91. The van der Waals surface area contributed by atoms with Crippen LogP contribution in [0.2, 0.25) is 0 Å². The molecule has 0 unspecified atom stereocenters. The molecule has 2 nitrogen and oxygen atoms in total. The van der Waals surface area contributed by atoms with Gasteiger partial charge in [0.2, 0.25) is 0 Å². The van der Waals surface area contributed by atoms with Crippen molar-refractivity contribution in [1.82, 2.24) is 0 Å². The number of ether oxygens (including phenoxy) is 1. The van der Waals surface area contributed by atoms with E-state index in [2.05, 4.69) is 6.92 Å². The number of rotatable bonds is 0.